The number of aromatic nitrogens is 2. The topological polar surface area (TPSA) is 56.5 Å². The minimum Gasteiger partial charge on any atom is -0.466 e. The molecule has 1 N–H and O–H groups in total. The predicted molar refractivity (Wildman–Crippen MR) is 105 cm³/mol. The van der Waals surface area contributed by atoms with E-state index in [4.69, 9.17) is 8.83 Å². The van der Waals surface area contributed by atoms with Crippen LogP contribution in [0.25, 0.3) is 11.5 Å². The standard InChI is InChI=1S/C20H19N3O2S2/c1-12-10-15(13(2)24-12)20-22-21-18(25-20)11-23-7-5-16-14(6-9-27-16)19(23)17-4-3-8-26-17/h3-4,6,8-10,19H,5,7,11H2,1-2H3/p+1/t19-/m1/s1. The molecule has 0 radical (unpaired) electrons. The normalized spacial score (nSPS) is 19.3. The number of hydrogen-bond acceptors (Lipinski definition) is 6. The molecule has 0 spiro atoms. The molecule has 2 atom stereocenters. The first-order valence-corrected chi connectivity index (χ1v) is 10.8. The molecule has 1 unspecified atom stereocenters. The second-order valence-corrected chi connectivity index (χ2v) is 8.89. The number of quaternary nitrogens is 1. The molecular formula is C20H20N3O2S2+. The van der Waals surface area contributed by atoms with Crippen molar-refractivity contribution in [1.29, 1.82) is 0 Å². The van der Waals surface area contributed by atoms with Crippen molar-refractivity contribution in [3.63, 3.8) is 0 Å². The Labute approximate surface area is 165 Å². The van der Waals surface area contributed by atoms with Gasteiger partial charge in [-0.2, -0.15) is 0 Å². The molecule has 5 rings (SSSR count). The van der Waals surface area contributed by atoms with Gasteiger partial charge in [-0.3, -0.25) is 0 Å². The van der Waals surface area contributed by atoms with Gasteiger partial charge < -0.3 is 13.7 Å². The highest BCUT2D eigenvalue weighted by atomic mass is 32.1. The van der Waals surface area contributed by atoms with Gasteiger partial charge in [-0.1, -0.05) is 6.07 Å². The summed E-state index contributed by atoms with van der Waals surface area (Å²) in [6, 6.07) is 8.94. The summed E-state index contributed by atoms with van der Waals surface area (Å²) in [6.45, 7) is 5.64. The van der Waals surface area contributed by atoms with Crippen molar-refractivity contribution in [1.82, 2.24) is 10.2 Å². The van der Waals surface area contributed by atoms with Gasteiger partial charge in [0.25, 0.3) is 11.8 Å². The van der Waals surface area contributed by atoms with E-state index in [1.165, 1.54) is 20.2 Å². The number of fused-ring (bicyclic) bond motifs is 1. The lowest BCUT2D eigenvalue weighted by Gasteiger charge is -2.31. The molecule has 4 aromatic rings. The van der Waals surface area contributed by atoms with Crippen LogP contribution >= 0.6 is 22.7 Å². The summed E-state index contributed by atoms with van der Waals surface area (Å²) in [5, 5.41) is 13.0. The summed E-state index contributed by atoms with van der Waals surface area (Å²) < 4.78 is 11.6. The van der Waals surface area contributed by atoms with Gasteiger partial charge in [0.2, 0.25) is 0 Å². The van der Waals surface area contributed by atoms with Gasteiger partial charge in [0.15, 0.2) is 6.54 Å². The van der Waals surface area contributed by atoms with E-state index in [2.05, 4.69) is 39.2 Å². The molecule has 4 aromatic heterocycles. The maximum Gasteiger partial charge on any atom is 0.271 e. The molecule has 0 aliphatic carbocycles. The van der Waals surface area contributed by atoms with E-state index in [9.17, 15) is 0 Å². The van der Waals surface area contributed by atoms with Crippen LogP contribution in [0.1, 0.15) is 38.8 Å². The summed E-state index contributed by atoms with van der Waals surface area (Å²) in [5.74, 6) is 2.89. The minimum atomic E-state index is 0.341. The fraction of sp³-hybridized carbons (Fsp3) is 0.300. The Bertz CT molecular complexity index is 1060. The van der Waals surface area contributed by atoms with Crippen LogP contribution < -0.4 is 4.90 Å². The Balaban J connectivity index is 1.44. The van der Waals surface area contributed by atoms with Crippen LogP contribution in [-0.2, 0) is 13.0 Å². The Morgan fingerprint density at radius 1 is 1.15 bits per heavy atom. The van der Waals surface area contributed by atoms with E-state index in [-0.39, 0.29) is 0 Å². The van der Waals surface area contributed by atoms with Crippen molar-refractivity contribution in [2.24, 2.45) is 0 Å². The maximum atomic E-state index is 6.00. The maximum absolute atomic E-state index is 6.00. The van der Waals surface area contributed by atoms with Crippen LogP contribution in [0, 0.1) is 13.8 Å². The van der Waals surface area contributed by atoms with Gasteiger partial charge in [-0.15, -0.1) is 32.9 Å². The number of aryl methyl sites for hydroxylation is 2. The van der Waals surface area contributed by atoms with Gasteiger partial charge in [0.05, 0.1) is 17.0 Å². The van der Waals surface area contributed by atoms with Crippen molar-refractivity contribution in [2.45, 2.75) is 32.9 Å². The van der Waals surface area contributed by atoms with E-state index < -0.39 is 0 Å². The van der Waals surface area contributed by atoms with Gasteiger partial charge in [0, 0.05) is 16.9 Å². The van der Waals surface area contributed by atoms with E-state index in [0.717, 1.165) is 36.6 Å². The van der Waals surface area contributed by atoms with Crippen molar-refractivity contribution >= 4 is 22.7 Å². The summed E-state index contributed by atoms with van der Waals surface area (Å²) in [5.41, 5.74) is 2.33. The van der Waals surface area contributed by atoms with Crippen molar-refractivity contribution < 1.29 is 13.7 Å². The molecule has 1 aliphatic heterocycles. The van der Waals surface area contributed by atoms with E-state index in [0.29, 0.717) is 17.8 Å². The van der Waals surface area contributed by atoms with Crippen molar-refractivity contribution in [3.8, 4) is 11.5 Å². The Kier molecular flexibility index (Phi) is 4.22. The van der Waals surface area contributed by atoms with Gasteiger partial charge in [-0.25, -0.2) is 0 Å². The summed E-state index contributed by atoms with van der Waals surface area (Å²) >= 11 is 3.69. The smallest absolute Gasteiger partial charge is 0.271 e. The highest BCUT2D eigenvalue weighted by Gasteiger charge is 2.35. The third-order valence-corrected chi connectivity index (χ3v) is 7.05. The highest BCUT2D eigenvalue weighted by Crippen LogP contribution is 2.32. The molecule has 7 heteroatoms. The molecule has 0 amide bonds. The largest absolute Gasteiger partial charge is 0.466 e. The Hall–Kier alpha value is -2.22. The van der Waals surface area contributed by atoms with Crippen LogP contribution in [0.3, 0.4) is 0 Å². The van der Waals surface area contributed by atoms with Crippen LogP contribution in [0.4, 0.5) is 0 Å². The summed E-state index contributed by atoms with van der Waals surface area (Å²) in [7, 11) is 0. The molecule has 5 nitrogen and oxygen atoms in total. The third kappa shape index (κ3) is 3.05. The Morgan fingerprint density at radius 2 is 2.07 bits per heavy atom. The zero-order valence-electron chi connectivity index (χ0n) is 15.2. The first-order chi connectivity index (χ1) is 13.2. The van der Waals surface area contributed by atoms with Crippen LogP contribution in [-0.4, -0.2) is 16.7 Å². The first-order valence-electron chi connectivity index (χ1n) is 9.03. The minimum absolute atomic E-state index is 0.341. The lowest BCUT2D eigenvalue weighted by molar-refractivity contribution is -0.942. The molecule has 0 fully saturated rings. The molecule has 0 saturated heterocycles. The fourth-order valence-corrected chi connectivity index (χ4v) is 5.74. The number of furan rings is 1. The highest BCUT2D eigenvalue weighted by molar-refractivity contribution is 7.10. The molecule has 0 saturated carbocycles. The number of nitrogens with zero attached hydrogens (tertiary/aromatic N) is 2. The third-order valence-electron chi connectivity index (χ3n) is 5.12. The lowest BCUT2D eigenvalue weighted by atomic mass is 9.98. The van der Waals surface area contributed by atoms with E-state index >= 15 is 0 Å². The van der Waals surface area contributed by atoms with Crippen LogP contribution in [0.2, 0.25) is 0 Å². The molecule has 1 aliphatic rings. The van der Waals surface area contributed by atoms with E-state index in [1.54, 1.807) is 0 Å². The van der Waals surface area contributed by atoms with Crippen LogP contribution in [0.5, 0.6) is 0 Å². The monoisotopic (exact) mass is 398 g/mol. The molecule has 0 aromatic carbocycles. The summed E-state index contributed by atoms with van der Waals surface area (Å²) in [6.07, 6.45) is 1.10. The first kappa shape index (κ1) is 16.9. The second-order valence-electron chi connectivity index (χ2n) is 6.91. The molecule has 27 heavy (non-hydrogen) atoms. The van der Waals surface area contributed by atoms with Gasteiger partial charge in [-0.05, 0) is 42.8 Å². The van der Waals surface area contributed by atoms with Gasteiger partial charge in [0.1, 0.15) is 17.6 Å². The zero-order chi connectivity index (χ0) is 18.4. The quantitative estimate of drug-likeness (QED) is 0.568. The van der Waals surface area contributed by atoms with Crippen molar-refractivity contribution in [2.75, 3.05) is 6.54 Å². The number of thiophene rings is 2. The number of rotatable bonds is 4. The molecule has 5 heterocycles. The second kappa shape index (κ2) is 6.74. The van der Waals surface area contributed by atoms with Crippen molar-refractivity contribution in [3.05, 3.63) is 67.8 Å². The van der Waals surface area contributed by atoms with E-state index in [1.807, 2.05) is 42.6 Å². The lowest BCUT2D eigenvalue weighted by Crippen LogP contribution is -3.12. The van der Waals surface area contributed by atoms with Gasteiger partial charge >= 0.3 is 0 Å². The molecule has 138 valence electrons. The number of hydrogen-bond donors (Lipinski definition) is 1. The SMILES string of the molecule is Cc1cc(-c2nnc(C[NH+]3CCc4sccc4[C@@H]3c3cccs3)o2)c(C)o1. The number of nitrogens with one attached hydrogen (secondary N) is 1. The fourth-order valence-electron chi connectivity index (χ4n) is 3.92. The average molecular weight is 399 g/mol. The molecular weight excluding hydrogens is 378 g/mol. The average Bonchev–Trinajstić information content (AvgIpc) is 3.41. The predicted octanol–water partition coefficient (Wildman–Crippen LogP) is 3.80. The molecule has 0 bridgehead atoms. The van der Waals surface area contributed by atoms with Crippen LogP contribution in [0.15, 0.2) is 43.9 Å². The summed E-state index contributed by atoms with van der Waals surface area (Å²) in [4.78, 5) is 4.36. The zero-order valence-corrected chi connectivity index (χ0v) is 16.8. The Morgan fingerprint density at radius 3 is 2.85 bits per heavy atom.